The molecule has 0 fully saturated rings. The highest BCUT2D eigenvalue weighted by molar-refractivity contribution is 6.17. The molecule has 2 nitrogen and oxygen atoms in total. The number of phenolic OH excluding ortho intramolecular Hbond substituents is 1. The van der Waals surface area contributed by atoms with Gasteiger partial charge in [-0.05, 0) is 35.7 Å². The molecule has 3 aromatic carbocycles. The fourth-order valence-corrected chi connectivity index (χ4v) is 2.86. The van der Waals surface area contributed by atoms with Crippen LogP contribution in [-0.2, 0) is 0 Å². The van der Waals surface area contributed by atoms with Gasteiger partial charge in [0.05, 0.1) is 5.71 Å². The molecule has 0 saturated carbocycles. The fraction of sp³-hybridized carbons (Fsp3) is 0.0952. The van der Waals surface area contributed by atoms with Crippen molar-refractivity contribution in [2.24, 2.45) is 4.99 Å². The lowest BCUT2D eigenvalue weighted by molar-refractivity contribution is 0.474. The maximum Gasteiger partial charge on any atom is 0.124 e. The van der Waals surface area contributed by atoms with E-state index in [-0.39, 0.29) is 5.75 Å². The zero-order valence-electron chi connectivity index (χ0n) is 13.3. The SMILES string of the molecule is CN=C(c1ccccc1O)c1ccccc1-c1ccccc1C. The van der Waals surface area contributed by atoms with E-state index in [2.05, 4.69) is 36.2 Å². The van der Waals surface area contributed by atoms with Crippen LogP contribution < -0.4 is 0 Å². The number of aromatic hydroxyl groups is 1. The quantitative estimate of drug-likeness (QED) is 0.690. The summed E-state index contributed by atoms with van der Waals surface area (Å²) in [6.45, 7) is 2.11. The Balaban J connectivity index is 2.22. The lowest BCUT2D eigenvalue weighted by Crippen LogP contribution is -2.06. The summed E-state index contributed by atoms with van der Waals surface area (Å²) in [4.78, 5) is 4.46. The molecule has 0 aromatic heterocycles. The van der Waals surface area contributed by atoms with Gasteiger partial charge >= 0.3 is 0 Å². The lowest BCUT2D eigenvalue weighted by Gasteiger charge is -2.15. The van der Waals surface area contributed by atoms with Gasteiger partial charge in [-0.3, -0.25) is 4.99 Å². The smallest absolute Gasteiger partial charge is 0.124 e. The number of nitrogens with zero attached hydrogens (tertiary/aromatic N) is 1. The maximum atomic E-state index is 10.2. The van der Waals surface area contributed by atoms with E-state index in [0.717, 1.165) is 22.4 Å². The molecule has 2 heteroatoms. The summed E-state index contributed by atoms with van der Waals surface area (Å²) in [7, 11) is 1.76. The highest BCUT2D eigenvalue weighted by atomic mass is 16.3. The molecule has 3 rings (SSSR count). The molecular formula is C21H19NO. The summed E-state index contributed by atoms with van der Waals surface area (Å²) in [5.74, 6) is 0.243. The summed E-state index contributed by atoms with van der Waals surface area (Å²) < 4.78 is 0. The topological polar surface area (TPSA) is 32.6 Å². The molecule has 0 bridgehead atoms. The van der Waals surface area contributed by atoms with Crippen LogP contribution in [0.15, 0.2) is 77.8 Å². The first-order chi connectivity index (χ1) is 11.2. The average molecular weight is 301 g/mol. The van der Waals surface area contributed by atoms with E-state index < -0.39 is 0 Å². The first kappa shape index (κ1) is 15.0. The van der Waals surface area contributed by atoms with E-state index in [0.29, 0.717) is 0 Å². The zero-order valence-corrected chi connectivity index (χ0v) is 13.3. The van der Waals surface area contributed by atoms with Gasteiger partial charge in [0.2, 0.25) is 0 Å². The molecule has 114 valence electrons. The summed E-state index contributed by atoms with van der Waals surface area (Å²) in [5, 5.41) is 10.2. The predicted octanol–water partition coefficient (Wildman–Crippen LogP) is 4.83. The third-order valence-corrected chi connectivity index (χ3v) is 4.00. The van der Waals surface area contributed by atoms with Crippen LogP contribution in [0, 0.1) is 6.92 Å². The number of hydrogen-bond acceptors (Lipinski definition) is 2. The Hall–Kier alpha value is -2.87. The fourth-order valence-electron chi connectivity index (χ4n) is 2.86. The summed E-state index contributed by atoms with van der Waals surface area (Å²) in [5.41, 5.74) is 6.07. The van der Waals surface area contributed by atoms with E-state index in [4.69, 9.17) is 0 Å². The lowest BCUT2D eigenvalue weighted by atomic mass is 9.91. The van der Waals surface area contributed by atoms with E-state index in [1.54, 1.807) is 13.1 Å². The standard InChI is InChI=1S/C21H19NO/c1-15-9-3-4-10-16(15)17-11-5-6-12-18(17)21(22-2)19-13-7-8-14-20(19)23/h3-14,23H,1-2H3. The Morgan fingerprint density at radius 2 is 1.30 bits per heavy atom. The Kier molecular flexibility index (Phi) is 4.24. The van der Waals surface area contributed by atoms with E-state index >= 15 is 0 Å². The summed E-state index contributed by atoms with van der Waals surface area (Å²) in [6.07, 6.45) is 0. The van der Waals surface area contributed by atoms with Gasteiger partial charge < -0.3 is 5.11 Å². The van der Waals surface area contributed by atoms with Crippen LogP contribution in [0.4, 0.5) is 0 Å². The van der Waals surface area contributed by atoms with Gasteiger partial charge in [-0.2, -0.15) is 0 Å². The van der Waals surface area contributed by atoms with Crippen molar-refractivity contribution >= 4 is 5.71 Å². The molecule has 0 aliphatic rings. The van der Waals surface area contributed by atoms with Gasteiger partial charge in [-0.15, -0.1) is 0 Å². The zero-order chi connectivity index (χ0) is 16.2. The molecule has 0 radical (unpaired) electrons. The summed E-state index contributed by atoms with van der Waals surface area (Å²) in [6, 6.07) is 23.8. The van der Waals surface area contributed by atoms with Gasteiger partial charge in [0.15, 0.2) is 0 Å². The minimum Gasteiger partial charge on any atom is -0.507 e. The van der Waals surface area contributed by atoms with Crippen molar-refractivity contribution in [1.29, 1.82) is 0 Å². The Bertz CT molecular complexity index is 865. The van der Waals surface area contributed by atoms with Crippen molar-refractivity contribution < 1.29 is 5.11 Å². The number of rotatable bonds is 3. The highest BCUT2D eigenvalue weighted by Gasteiger charge is 2.15. The van der Waals surface area contributed by atoms with Crippen molar-refractivity contribution in [3.8, 4) is 16.9 Å². The van der Waals surface area contributed by atoms with Crippen molar-refractivity contribution in [1.82, 2.24) is 0 Å². The minimum atomic E-state index is 0.243. The Morgan fingerprint density at radius 3 is 1.96 bits per heavy atom. The number of benzene rings is 3. The Labute approximate surface area is 136 Å². The van der Waals surface area contributed by atoms with Crippen molar-refractivity contribution in [3.63, 3.8) is 0 Å². The van der Waals surface area contributed by atoms with Crippen LogP contribution in [0.2, 0.25) is 0 Å². The van der Waals surface area contributed by atoms with E-state index in [1.165, 1.54) is 11.1 Å². The molecule has 0 spiro atoms. The second-order valence-corrected chi connectivity index (χ2v) is 5.45. The largest absolute Gasteiger partial charge is 0.507 e. The second-order valence-electron chi connectivity index (χ2n) is 5.45. The van der Waals surface area contributed by atoms with E-state index in [9.17, 15) is 5.11 Å². The van der Waals surface area contributed by atoms with Crippen molar-refractivity contribution in [2.45, 2.75) is 6.92 Å². The van der Waals surface area contributed by atoms with Gasteiger partial charge in [-0.25, -0.2) is 0 Å². The first-order valence-electron chi connectivity index (χ1n) is 7.63. The molecule has 1 N–H and O–H groups in total. The monoisotopic (exact) mass is 301 g/mol. The van der Waals surface area contributed by atoms with Gasteiger partial charge in [-0.1, -0.05) is 60.7 Å². The third kappa shape index (κ3) is 2.88. The number of para-hydroxylation sites is 1. The van der Waals surface area contributed by atoms with Gasteiger partial charge in [0, 0.05) is 18.2 Å². The predicted molar refractivity (Wildman–Crippen MR) is 96.3 cm³/mol. The van der Waals surface area contributed by atoms with Crippen LogP contribution in [0.25, 0.3) is 11.1 Å². The molecule has 0 unspecified atom stereocenters. The van der Waals surface area contributed by atoms with Crippen LogP contribution >= 0.6 is 0 Å². The molecule has 0 aliphatic heterocycles. The second kappa shape index (κ2) is 6.49. The van der Waals surface area contributed by atoms with E-state index in [1.807, 2.05) is 42.5 Å². The molecule has 0 atom stereocenters. The van der Waals surface area contributed by atoms with Crippen molar-refractivity contribution in [3.05, 3.63) is 89.5 Å². The van der Waals surface area contributed by atoms with Crippen LogP contribution in [-0.4, -0.2) is 17.9 Å². The first-order valence-corrected chi connectivity index (χ1v) is 7.63. The number of phenols is 1. The molecule has 0 saturated heterocycles. The third-order valence-electron chi connectivity index (χ3n) is 4.00. The van der Waals surface area contributed by atoms with Crippen LogP contribution in [0.3, 0.4) is 0 Å². The maximum absolute atomic E-state index is 10.2. The molecule has 3 aromatic rings. The Morgan fingerprint density at radius 1 is 0.739 bits per heavy atom. The van der Waals surface area contributed by atoms with Crippen LogP contribution in [0.5, 0.6) is 5.75 Å². The van der Waals surface area contributed by atoms with Gasteiger partial charge in [0.25, 0.3) is 0 Å². The molecule has 0 aliphatic carbocycles. The molecule has 0 heterocycles. The highest BCUT2D eigenvalue weighted by Crippen LogP contribution is 2.30. The number of aryl methyl sites for hydroxylation is 1. The number of hydrogen-bond donors (Lipinski definition) is 1. The molecule has 23 heavy (non-hydrogen) atoms. The molecule has 0 amide bonds. The normalized spacial score (nSPS) is 11.5. The average Bonchev–Trinajstić information content (AvgIpc) is 2.58. The number of aliphatic imine (C=N–C) groups is 1. The van der Waals surface area contributed by atoms with Crippen LogP contribution in [0.1, 0.15) is 16.7 Å². The summed E-state index contributed by atoms with van der Waals surface area (Å²) >= 11 is 0. The minimum absolute atomic E-state index is 0.243. The van der Waals surface area contributed by atoms with Crippen molar-refractivity contribution in [2.75, 3.05) is 7.05 Å². The molecular weight excluding hydrogens is 282 g/mol. The van der Waals surface area contributed by atoms with Gasteiger partial charge in [0.1, 0.15) is 5.75 Å².